The first-order valence-corrected chi connectivity index (χ1v) is 6.89. The number of rotatable bonds is 4. The van der Waals surface area contributed by atoms with E-state index < -0.39 is 0 Å². The number of carbonyl (C=O) groups excluding carboxylic acids is 1. The maximum Gasteiger partial charge on any atom is 0.225 e. The van der Waals surface area contributed by atoms with Crippen molar-refractivity contribution in [2.75, 3.05) is 25.0 Å². The fraction of sp³-hybridized carbons (Fsp3) is 0.500. The van der Waals surface area contributed by atoms with Gasteiger partial charge in [-0.3, -0.25) is 4.79 Å². The zero-order valence-electron chi connectivity index (χ0n) is 10.9. The molecule has 0 radical (unpaired) electrons. The number of benzene rings is 1. The van der Waals surface area contributed by atoms with Crippen molar-refractivity contribution in [1.29, 1.82) is 0 Å². The highest BCUT2D eigenvalue weighted by Crippen LogP contribution is 2.14. The summed E-state index contributed by atoms with van der Waals surface area (Å²) in [6.45, 7) is 3.13. The fourth-order valence-electron chi connectivity index (χ4n) is 2.20. The number of nitrogens with one attached hydrogen (secondary N) is 1. The van der Waals surface area contributed by atoms with Crippen LogP contribution in [0.1, 0.15) is 25.7 Å². The SMILES string of the molecule is Cl.O=C(CCN1CCCCC1)Nc1ccc(Cl)cc1. The molecule has 1 amide bonds. The second-order valence-corrected chi connectivity index (χ2v) is 5.14. The summed E-state index contributed by atoms with van der Waals surface area (Å²) in [4.78, 5) is 14.1. The number of nitrogens with zero attached hydrogens (tertiary/aromatic N) is 1. The molecule has 5 heteroatoms. The summed E-state index contributed by atoms with van der Waals surface area (Å²) >= 11 is 5.79. The van der Waals surface area contributed by atoms with Crippen LogP contribution in [-0.2, 0) is 4.79 Å². The number of hydrogen-bond donors (Lipinski definition) is 1. The summed E-state index contributed by atoms with van der Waals surface area (Å²) in [6.07, 6.45) is 4.41. The highest BCUT2D eigenvalue weighted by molar-refractivity contribution is 6.30. The Kier molecular flexibility index (Phi) is 7.21. The number of hydrogen-bond acceptors (Lipinski definition) is 2. The third kappa shape index (κ3) is 5.81. The second-order valence-electron chi connectivity index (χ2n) is 4.71. The fourth-order valence-corrected chi connectivity index (χ4v) is 2.33. The van der Waals surface area contributed by atoms with E-state index in [-0.39, 0.29) is 18.3 Å². The van der Waals surface area contributed by atoms with E-state index in [2.05, 4.69) is 10.2 Å². The number of piperidine rings is 1. The molecule has 2 rings (SSSR count). The molecule has 0 unspecified atom stereocenters. The van der Waals surface area contributed by atoms with Crippen LogP contribution in [0.2, 0.25) is 5.02 Å². The van der Waals surface area contributed by atoms with Crippen LogP contribution in [-0.4, -0.2) is 30.4 Å². The van der Waals surface area contributed by atoms with Gasteiger partial charge in [-0.1, -0.05) is 18.0 Å². The topological polar surface area (TPSA) is 32.3 Å². The zero-order chi connectivity index (χ0) is 12.8. The van der Waals surface area contributed by atoms with Gasteiger partial charge in [0, 0.05) is 23.7 Å². The predicted molar refractivity (Wildman–Crippen MR) is 82.2 cm³/mol. The molecule has 1 N–H and O–H groups in total. The molecule has 0 bridgehead atoms. The molecule has 1 heterocycles. The van der Waals surface area contributed by atoms with Crippen molar-refractivity contribution < 1.29 is 4.79 Å². The molecule has 0 atom stereocenters. The summed E-state index contributed by atoms with van der Waals surface area (Å²) in [5.74, 6) is 0.0721. The van der Waals surface area contributed by atoms with Crippen molar-refractivity contribution in [1.82, 2.24) is 4.90 Å². The molecule has 0 aromatic heterocycles. The van der Waals surface area contributed by atoms with Crippen LogP contribution in [0.25, 0.3) is 0 Å². The average Bonchev–Trinajstić information content (AvgIpc) is 2.40. The zero-order valence-corrected chi connectivity index (χ0v) is 12.5. The Morgan fingerprint density at radius 1 is 1.16 bits per heavy atom. The lowest BCUT2D eigenvalue weighted by molar-refractivity contribution is -0.116. The van der Waals surface area contributed by atoms with Crippen LogP contribution in [0.5, 0.6) is 0 Å². The van der Waals surface area contributed by atoms with Gasteiger partial charge in [-0.25, -0.2) is 0 Å². The van der Waals surface area contributed by atoms with E-state index in [0.717, 1.165) is 25.3 Å². The maximum absolute atomic E-state index is 11.8. The van der Waals surface area contributed by atoms with Gasteiger partial charge in [-0.15, -0.1) is 12.4 Å². The number of likely N-dealkylation sites (tertiary alicyclic amines) is 1. The van der Waals surface area contributed by atoms with Gasteiger partial charge in [-0.2, -0.15) is 0 Å². The number of halogens is 2. The Labute approximate surface area is 125 Å². The van der Waals surface area contributed by atoms with Gasteiger partial charge in [0.1, 0.15) is 0 Å². The average molecular weight is 303 g/mol. The lowest BCUT2D eigenvalue weighted by Gasteiger charge is -2.25. The van der Waals surface area contributed by atoms with E-state index in [9.17, 15) is 4.79 Å². The maximum atomic E-state index is 11.8. The van der Waals surface area contributed by atoms with Crippen LogP contribution in [0.3, 0.4) is 0 Å². The van der Waals surface area contributed by atoms with Gasteiger partial charge in [0.15, 0.2) is 0 Å². The van der Waals surface area contributed by atoms with E-state index in [1.807, 2.05) is 12.1 Å². The molecule has 0 aliphatic carbocycles. The lowest BCUT2D eigenvalue weighted by Crippen LogP contribution is -2.32. The molecule has 1 aromatic rings. The van der Waals surface area contributed by atoms with E-state index in [4.69, 9.17) is 11.6 Å². The van der Waals surface area contributed by atoms with Crippen molar-refractivity contribution in [3.63, 3.8) is 0 Å². The van der Waals surface area contributed by atoms with E-state index in [0.29, 0.717) is 11.4 Å². The molecule has 1 aromatic carbocycles. The smallest absolute Gasteiger partial charge is 0.225 e. The molecule has 1 aliphatic heterocycles. The summed E-state index contributed by atoms with van der Waals surface area (Å²) in [5, 5.41) is 3.57. The highest BCUT2D eigenvalue weighted by atomic mass is 35.5. The van der Waals surface area contributed by atoms with Crippen LogP contribution in [0, 0.1) is 0 Å². The minimum atomic E-state index is 0. The first-order chi connectivity index (χ1) is 8.74. The van der Waals surface area contributed by atoms with Crippen LogP contribution < -0.4 is 5.32 Å². The third-order valence-electron chi connectivity index (χ3n) is 3.23. The van der Waals surface area contributed by atoms with Crippen molar-refractivity contribution in [2.24, 2.45) is 0 Å². The minimum absolute atomic E-state index is 0. The monoisotopic (exact) mass is 302 g/mol. The highest BCUT2D eigenvalue weighted by Gasteiger charge is 2.11. The van der Waals surface area contributed by atoms with Crippen LogP contribution in [0.15, 0.2) is 24.3 Å². The molecule has 0 saturated carbocycles. The molecule has 3 nitrogen and oxygen atoms in total. The molecule has 19 heavy (non-hydrogen) atoms. The Balaban J connectivity index is 0.00000180. The van der Waals surface area contributed by atoms with Crippen molar-refractivity contribution >= 4 is 35.6 Å². The van der Waals surface area contributed by atoms with E-state index in [1.165, 1.54) is 19.3 Å². The summed E-state index contributed by atoms with van der Waals surface area (Å²) in [6, 6.07) is 7.20. The lowest BCUT2D eigenvalue weighted by atomic mass is 10.1. The molecule has 1 fully saturated rings. The molecule has 0 spiro atoms. The van der Waals surface area contributed by atoms with E-state index >= 15 is 0 Å². The first-order valence-electron chi connectivity index (χ1n) is 6.52. The van der Waals surface area contributed by atoms with Crippen LogP contribution >= 0.6 is 24.0 Å². The molecular formula is C14H20Cl2N2O. The summed E-state index contributed by atoms with van der Waals surface area (Å²) in [7, 11) is 0. The Morgan fingerprint density at radius 3 is 2.42 bits per heavy atom. The van der Waals surface area contributed by atoms with Gasteiger partial charge in [0.05, 0.1) is 0 Å². The first kappa shape index (κ1) is 16.3. The van der Waals surface area contributed by atoms with E-state index in [1.54, 1.807) is 12.1 Å². The number of anilines is 1. The van der Waals surface area contributed by atoms with Gasteiger partial charge in [-0.05, 0) is 50.2 Å². The van der Waals surface area contributed by atoms with Gasteiger partial charge in [0.2, 0.25) is 5.91 Å². The van der Waals surface area contributed by atoms with Crippen LogP contribution in [0.4, 0.5) is 5.69 Å². The Bertz CT molecular complexity index is 389. The molecule has 1 saturated heterocycles. The van der Waals surface area contributed by atoms with Crippen molar-refractivity contribution in [3.8, 4) is 0 Å². The van der Waals surface area contributed by atoms with Crippen molar-refractivity contribution in [3.05, 3.63) is 29.3 Å². The van der Waals surface area contributed by atoms with Gasteiger partial charge >= 0.3 is 0 Å². The summed E-state index contributed by atoms with van der Waals surface area (Å²) < 4.78 is 0. The molecule has 106 valence electrons. The number of carbonyl (C=O) groups is 1. The van der Waals surface area contributed by atoms with Gasteiger partial charge < -0.3 is 10.2 Å². The molecule has 1 aliphatic rings. The Hall–Kier alpha value is -0.770. The quantitative estimate of drug-likeness (QED) is 0.922. The third-order valence-corrected chi connectivity index (χ3v) is 3.48. The predicted octanol–water partition coefficient (Wildman–Crippen LogP) is 3.58. The minimum Gasteiger partial charge on any atom is -0.326 e. The normalized spacial score (nSPS) is 15.6. The van der Waals surface area contributed by atoms with Crippen molar-refractivity contribution in [2.45, 2.75) is 25.7 Å². The Morgan fingerprint density at radius 2 is 1.79 bits per heavy atom. The number of amides is 1. The second kappa shape index (κ2) is 8.41. The van der Waals surface area contributed by atoms with Gasteiger partial charge in [0.25, 0.3) is 0 Å². The molecular weight excluding hydrogens is 283 g/mol. The largest absolute Gasteiger partial charge is 0.326 e. The summed E-state index contributed by atoms with van der Waals surface area (Å²) in [5.41, 5.74) is 0.808. The standard InChI is InChI=1S/C14H19ClN2O.ClH/c15-12-4-6-13(7-5-12)16-14(18)8-11-17-9-2-1-3-10-17;/h4-7H,1-3,8-11H2,(H,16,18);1H.